The van der Waals surface area contributed by atoms with Crippen LogP contribution in [-0.2, 0) is 4.79 Å². The lowest BCUT2D eigenvalue weighted by atomic mass is 9.71. The van der Waals surface area contributed by atoms with Crippen molar-refractivity contribution in [3.8, 4) is 22.4 Å². The largest absolute Gasteiger partial charge is 0.367 e. The molecule has 172 valence electrons. The number of halogens is 2. The Hall–Kier alpha value is -3.29. The highest BCUT2D eigenvalue weighted by atomic mass is 19.1. The van der Waals surface area contributed by atoms with Gasteiger partial charge in [-0.05, 0) is 68.4 Å². The van der Waals surface area contributed by atoms with E-state index in [1.807, 2.05) is 26.0 Å². The summed E-state index contributed by atoms with van der Waals surface area (Å²) in [6, 6.07) is 6.52. The van der Waals surface area contributed by atoms with Crippen molar-refractivity contribution in [3.05, 3.63) is 53.5 Å². The van der Waals surface area contributed by atoms with Crippen LogP contribution in [0.25, 0.3) is 22.4 Å². The predicted octanol–water partition coefficient (Wildman–Crippen LogP) is 4.53. The van der Waals surface area contributed by atoms with Crippen LogP contribution >= 0.6 is 0 Å². The number of rotatable bonds is 3. The number of H-pyrrole nitrogens is 1. The van der Waals surface area contributed by atoms with Gasteiger partial charge in [-0.2, -0.15) is 5.10 Å². The van der Waals surface area contributed by atoms with E-state index in [2.05, 4.69) is 20.5 Å². The van der Waals surface area contributed by atoms with Crippen LogP contribution in [0.15, 0.2) is 30.5 Å². The lowest BCUT2D eigenvalue weighted by Crippen LogP contribution is -2.48. The monoisotopic (exact) mass is 451 g/mol. The molecule has 4 heterocycles. The first-order valence-electron chi connectivity index (χ1n) is 11.3. The van der Waals surface area contributed by atoms with E-state index < -0.39 is 11.6 Å². The van der Waals surface area contributed by atoms with Crippen LogP contribution in [0.3, 0.4) is 0 Å². The summed E-state index contributed by atoms with van der Waals surface area (Å²) < 4.78 is 30.7. The molecular weight excluding hydrogens is 424 g/mol. The average Bonchev–Trinajstić information content (AvgIpc) is 3.16. The van der Waals surface area contributed by atoms with Crippen molar-refractivity contribution < 1.29 is 13.6 Å². The topological polar surface area (TPSA) is 73.9 Å². The molecular formula is C25H27F2N5O. The minimum absolute atomic E-state index is 0.0105. The summed E-state index contributed by atoms with van der Waals surface area (Å²) in [5, 5.41) is 10.2. The van der Waals surface area contributed by atoms with E-state index in [0.717, 1.165) is 36.2 Å². The Morgan fingerprint density at radius 1 is 1.03 bits per heavy atom. The van der Waals surface area contributed by atoms with Gasteiger partial charge in [0.25, 0.3) is 0 Å². The van der Waals surface area contributed by atoms with Crippen LogP contribution in [0.4, 0.5) is 14.5 Å². The lowest BCUT2D eigenvalue weighted by Gasteiger charge is -2.44. The minimum atomic E-state index is -0.584. The van der Waals surface area contributed by atoms with Crippen LogP contribution in [0, 0.1) is 30.9 Å². The molecule has 2 aromatic heterocycles. The Labute approximate surface area is 191 Å². The number of carbonyl (C=O) groups excluding carboxylic acids is 1. The molecule has 6 nitrogen and oxygen atoms in total. The number of nitrogens with zero attached hydrogens (tertiary/aromatic N) is 3. The van der Waals surface area contributed by atoms with E-state index in [-0.39, 0.29) is 17.0 Å². The van der Waals surface area contributed by atoms with Gasteiger partial charge >= 0.3 is 0 Å². The van der Waals surface area contributed by atoms with Crippen LogP contribution in [-0.4, -0.2) is 40.7 Å². The number of aryl methyl sites for hydroxylation is 2. The van der Waals surface area contributed by atoms with E-state index in [1.54, 1.807) is 11.1 Å². The maximum atomic E-state index is 15.3. The maximum absolute atomic E-state index is 15.3. The predicted molar refractivity (Wildman–Crippen MR) is 123 cm³/mol. The highest BCUT2D eigenvalue weighted by molar-refractivity contribution is 5.83. The molecule has 2 fully saturated rings. The van der Waals surface area contributed by atoms with Gasteiger partial charge in [0.1, 0.15) is 23.0 Å². The van der Waals surface area contributed by atoms with E-state index >= 15 is 8.78 Å². The third-order valence-corrected chi connectivity index (χ3v) is 7.08. The van der Waals surface area contributed by atoms with Gasteiger partial charge in [-0.15, -0.1) is 0 Å². The number of aromatic amines is 1. The summed E-state index contributed by atoms with van der Waals surface area (Å²) in [6.45, 7) is 5.48. The number of benzene rings is 1. The second-order valence-corrected chi connectivity index (χ2v) is 9.31. The van der Waals surface area contributed by atoms with Crippen molar-refractivity contribution in [2.45, 2.75) is 39.5 Å². The molecule has 33 heavy (non-hydrogen) atoms. The van der Waals surface area contributed by atoms with Gasteiger partial charge < -0.3 is 10.2 Å². The summed E-state index contributed by atoms with van der Waals surface area (Å²) in [4.78, 5) is 17.9. The summed E-state index contributed by atoms with van der Waals surface area (Å²) >= 11 is 0. The molecule has 0 unspecified atom stereocenters. The van der Waals surface area contributed by atoms with Gasteiger partial charge in [-0.25, -0.2) is 8.78 Å². The third-order valence-electron chi connectivity index (χ3n) is 7.08. The zero-order valence-corrected chi connectivity index (χ0v) is 18.8. The molecule has 0 atom stereocenters. The number of hydrogen-bond acceptors (Lipinski definition) is 4. The molecule has 2 saturated heterocycles. The van der Waals surface area contributed by atoms with Gasteiger partial charge in [0, 0.05) is 54.8 Å². The van der Waals surface area contributed by atoms with Gasteiger partial charge in [0.15, 0.2) is 0 Å². The fourth-order valence-corrected chi connectivity index (χ4v) is 5.29. The number of piperidine rings is 2. The number of carbonyl (C=O) groups is 1. The molecule has 1 spiro atoms. The summed E-state index contributed by atoms with van der Waals surface area (Å²) in [5.41, 5.74) is 4.14. The van der Waals surface area contributed by atoms with E-state index in [0.29, 0.717) is 42.9 Å². The number of hydrogen-bond donors (Lipinski definition) is 2. The Morgan fingerprint density at radius 3 is 2.42 bits per heavy atom. The Morgan fingerprint density at radius 2 is 1.76 bits per heavy atom. The molecule has 0 radical (unpaired) electrons. The Balaban J connectivity index is 1.44. The summed E-state index contributed by atoms with van der Waals surface area (Å²) in [7, 11) is 0. The Kier molecular flexibility index (Phi) is 5.38. The van der Waals surface area contributed by atoms with Crippen molar-refractivity contribution in [1.82, 2.24) is 20.5 Å². The van der Waals surface area contributed by atoms with Gasteiger partial charge in [0.2, 0.25) is 5.91 Å². The van der Waals surface area contributed by atoms with Crippen molar-refractivity contribution in [1.29, 1.82) is 0 Å². The zero-order chi connectivity index (χ0) is 23.2. The standard InChI is InChI=1S/C25H27F2N5O/c1-15-11-17(3-7-28-15)23-22(16(2)30-31-23)18-12-19(26)24(20(27)13-18)32-9-5-25(6-10-32)4-8-29-21(33)14-25/h3,7,11-13H,4-6,8-10,14H2,1-2H3,(H,29,33)(H,30,31). The zero-order valence-electron chi connectivity index (χ0n) is 18.8. The number of nitrogens with one attached hydrogen (secondary N) is 2. The normalized spacial score (nSPS) is 17.9. The van der Waals surface area contributed by atoms with Crippen LogP contribution < -0.4 is 10.2 Å². The second-order valence-electron chi connectivity index (χ2n) is 9.31. The van der Waals surface area contributed by atoms with Crippen molar-refractivity contribution in [3.63, 3.8) is 0 Å². The number of anilines is 1. The highest BCUT2D eigenvalue weighted by Gasteiger charge is 2.39. The maximum Gasteiger partial charge on any atom is 0.220 e. The fourth-order valence-electron chi connectivity index (χ4n) is 5.29. The number of aromatic nitrogens is 3. The second kappa shape index (κ2) is 8.24. The van der Waals surface area contributed by atoms with E-state index in [9.17, 15) is 4.79 Å². The van der Waals surface area contributed by atoms with Crippen molar-refractivity contribution in [2.24, 2.45) is 5.41 Å². The first-order valence-corrected chi connectivity index (χ1v) is 11.3. The number of pyridine rings is 1. The smallest absolute Gasteiger partial charge is 0.220 e. The van der Waals surface area contributed by atoms with E-state index in [4.69, 9.17) is 0 Å². The molecule has 2 aliphatic rings. The first-order chi connectivity index (χ1) is 15.8. The molecule has 3 aromatic rings. The molecule has 8 heteroatoms. The number of amides is 1. The van der Waals surface area contributed by atoms with Crippen molar-refractivity contribution >= 4 is 11.6 Å². The van der Waals surface area contributed by atoms with Gasteiger partial charge in [-0.1, -0.05) is 0 Å². The molecule has 1 aromatic carbocycles. The van der Waals surface area contributed by atoms with Crippen LogP contribution in [0.2, 0.25) is 0 Å². The lowest BCUT2D eigenvalue weighted by molar-refractivity contribution is -0.126. The summed E-state index contributed by atoms with van der Waals surface area (Å²) in [6.07, 6.45) is 4.64. The molecule has 0 saturated carbocycles. The summed E-state index contributed by atoms with van der Waals surface area (Å²) in [5.74, 6) is -1.09. The van der Waals surface area contributed by atoms with Gasteiger partial charge in [0.05, 0.1) is 0 Å². The molecule has 2 aliphatic heterocycles. The molecule has 0 aliphatic carbocycles. The SMILES string of the molecule is Cc1cc(-c2n[nH]c(C)c2-c2cc(F)c(N3CCC4(CCNC(=O)C4)CC3)c(F)c2)ccn1. The molecule has 0 bridgehead atoms. The quantitative estimate of drug-likeness (QED) is 0.614. The van der Waals surface area contributed by atoms with E-state index in [1.165, 1.54) is 12.1 Å². The first kappa shape index (κ1) is 21.6. The Bertz CT molecular complexity index is 1190. The van der Waals surface area contributed by atoms with Crippen LogP contribution in [0.5, 0.6) is 0 Å². The minimum Gasteiger partial charge on any atom is -0.367 e. The molecule has 1 amide bonds. The molecule has 2 N–H and O–H groups in total. The van der Waals surface area contributed by atoms with Crippen molar-refractivity contribution in [2.75, 3.05) is 24.5 Å². The third kappa shape index (κ3) is 3.98. The van der Waals surface area contributed by atoms with Crippen LogP contribution in [0.1, 0.15) is 37.1 Å². The fraction of sp³-hybridized carbons (Fsp3) is 0.400. The highest BCUT2D eigenvalue weighted by Crippen LogP contribution is 2.42. The molecule has 5 rings (SSSR count). The van der Waals surface area contributed by atoms with Gasteiger partial charge in [-0.3, -0.25) is 14.9 Å². The average molecular weight is 452 g/mol.